The molecular weight excluding hydrogens is 162 g/mol. The van der Waals surface area contributed by atoms with Crippen molar-refractivity contribution in [1.29, 1.82) is 0 Å². The van der Waals surface area contributed by atoms with Crippen LogP contribution >= 0.6 is 0 Å². The van der Waals surface area contributed by atoms with Gasteiger partial charge in [-0.3, -0.25) is 0 Å². The van der Waals surface area contributed by atoms with E-state index in [-0.39, 0.29) is 0 Å². The number of rotatable bonds is 2. The third-order valence-corrected chi connectivity index (χ3v) is 2.32. The lowest BCUT2D eigenvalue weighted by Gasteiger charge is -2.27. The van der Waals surface area contributed by atoms with E-state index in [2.05, 4.69) is 18.3 Å². The van der Waals surface area contributed by atoms with Crippen LogP contribution in [0.25, 0.3) is 0 Å². The molecule has 1 aliphatic heterocycles. The molecule has 1 aromatic carbocycles. The first kappa shape index (κ1) is 8.42. The Hall–Kier alpha value is -1.18. The van der Waals surface area contributed by atoms with Crippen molar-refractivity contribution >= 4 is 5.69 Å². The zero-order valence-electron chi connectivity index (χ0n) is 7.92. The summed E-state index contributed by atoms with van der Waals surface area (Å²) in [5.41, 5.74) is 1.13. The van der Waals surface area contributed by atoms with Gasteiger partial charge in [0, 0.05) is 0 Å². The van der Waals surface area contributed by atoms with Crippen LogP contribution in [0, 0.1) is 0 Å². The monoisotopic (exact) mass is 177 g/mol. The molecule has 1 N–H and O–H groups in total. The molecule has 0 bridgehead atoms. The number of hydrogen-bond donors (Lipinski definition) is 1. The van der Waals surface area contributed by atoms with E-state index in [1.807, 2.05) is 18.2 Å². The Morgan fingerprint density at radius 3 is 3.15 bits per heavy atom. The van der Waals surface area contributed by atoms with Crippen molar-refractivity contribution in [2.75, 3.05) is 11.9 Å². The van der Waals surface area contributed by atoms with Crippen LogP contribution in [0.15, 0.2) is 24.3 Å². The molecule has 0 radical (unpaired) electrons. The summed E-state index contributed by atoms with van der Waals surface area (Å²) in [6.07, 6.45) is 2.37. The Kier molecular flexibility index (Phi) is 2.39. The smallest absolute Gasteiger partial charge is 0.142 e. The molecule has 70 valence electrons. The summed E-state index contributed by atoms with van der Waals surface area (Å²) in [6.45, 7) is 2.99. The Labute approximate surface area is 78.9 Å². The second kappa shape index (κ2) is 3.69. The van der Waals surface area contributed by atoms with E-state index < -0.39 is 0 Å². The lowest BCUT2D eigenvalue weighted by molar-refractivity contribution is 0.278. The van der Waals surface area contributed by atoms with Crippen molar-refractivity contribution in [2.45, 2.75) is 25.8 Å². The first-order valence-corrected chi connectivity index (χ1v) is 4.88. The molecule has 0 aromatic heterocycles. The molecule has 2 rings (SSSR count). The van der Waals surface area contributed by atoms with E-state index in [0.29, 0.717) is 6.04 Å². The number of ether oxygens (including phenoxy) is 1. The van der Waals surface area contributed by atoms with Crippen molar-refractivity contribution in [3.63, 3.8) is 0 Å². The maximum atomic E-state index is 5.63. The number of hydrogen-bond acceptors (Lipinski definition) is 2. The van der Waals surface area contributed by atoms with E-state index in [0.717, 1.165) is 18.0 Å². The quantitative estimate of drug-likeness (QED) is 0.749. The summed E-state index contributed by atoms with van der Waals surface area (Å²) in [7, 11) is 0. The van der Waals surface area contributed by atoms with Crippen LogP contribution in [0.2, 0.25) is 0 Å². The summed E-state index contributed by atoms with van der Waals surface area (Å²) in [4.78, 5) is 0. The zero-order chi connectivity index (χ0) is 9.10. The molecule has 13 heavy (non-hydrogen) atoms. The molecule has 0 aliphatic carbocycles. The number of fused-ring (bicyclic) bond motifs is 1. The molecule has 0 spiro atoms. The van der Waals surface area contributed by atoms with Crippen LogP contribution in [0.4, 0.5) is 5.69 Å². The third kappa shape index (κ3) is 1.77. The van der Waals surface area contributed by atoms with Crippen LogP contribution in [-0.2, 0) is 0 Å². The van der Waals surface area contributed by atoms with E-state index >= 15 is 0 Å². The Morgan fingerprint density at radius 2 is 2.31 bits per heavy atom. The molecule has 1 aromatic rings. The van der Waals surface area contributed by atoms with E-state index in [9.17, 15) is 0 Å². The van der Waals surface area contributed by atoms with Gasteiger partial charge in [-0.15, -0.1) is 0 Å². The van der Waals surface area contributed by atoms with Crippen LogP contribution in [0.3, 0.4) is 0 Å². The van der Waals surface area contributed by atoms with Gasteiger partial charge < -0.3 is 10.1 Å². The summed E-state index contributed by atoms with van der Waals surface area (Å²) in [6, 6.07) is 8.59. The van der Waals surface area contributed by atoms with Gasteiger partial charge in [-0.05, 0) is 18.6 Å². The minimum Gasteiger partial charge on any atom is -0.489 e. The highest BCUT2D eigenvalue weighted by Gasteiger charge is 2.16. The van der Waals surface area contributed by atoms with Gasteiger partial charge in [-0.2, -0.15) is 0 Å². The van der Waals surface area contributed by atoms with Gasteiger partial charge in [-0.25, -0.2) is 0 Å². The van der Waals surface area contributed by atoms with Crippen molar-refractivity contribution in [2.24, 2.45) is 0 Å². The zero-order valence-corrected chi connectivity index (χ0v) is 7.92. The van der Waals surface area contributed by atoms with Crippen molar-refractivity contribution in [3.05, 3.63) is 24.3 Å². The maximum absolute atomic E-state index is 5.63. The summed E-state index contributed by atoms with van der Waals surface area (Å²) in [5, 5.41) is 3.47. The van der Waals surface area contributed by atoms with E-state index in [1.165, 1.54) is 12.8 Å². The largest absolute Gasteiger partial charge is 0.489 e. The van der Waals surface area contributed by atoms with Gasteiger partial charge in [0.05, 0.1) is 11.7 Å². The summed E-state index contributed by atoms with van der Waals surface area (Å²) >= 11 is 0. The van der Waals surface area contributed by atoms with Crippen molar-refractivity contribution < 1.29 is 4.74 Å². The van der Waals surface area contributed by atoms with Crippen LogP contribution in [0.5, 0.6) is 5.75 Å². The summed E-state index contributed by atoms with van der Waals surface area (Å²) < 4.78 is 5.63. The molecule has 1 heterocycles. The predicted molar refractivity (Wildman–Crippen MR) is 54.3 cm³/mol. The average Bonchev–Trinajstić information content (AvgIpc) is 2.18. The SMILES string of the molecule is CCCC1COc2ccccc2N1. The molecule has 0 fully saturated rings. The summed E-state index contributed by atoms with van der Waals surface area (Å²) in [5.74, 6) is 0.981. The molecule has 0 saturated carbocycles. The topological polar surface area (TPSA) is 21.3 Å². The van der Waals surface area contributed by atoms with E-state index in [4.69, 9.17) is 4.74 Å². The molecule has 2 nitrogen and oxygen atoms in total. The highest BCUT2D eigenvalue weighted by atomic mass is 16.5. The first-order valence-electron chi connectivity index (χ1n) is 4.88. The number of anilines is 1. The van der Waals surface area contributed by atoms with Crippen molar-refractivity contribution in [1.82, 2.24) is 0 Å². The molecule has 2 heteroatoms. The van der Waals surface area contributed by atoms with E-state index in [1.54, 1.807) is 0 Å². The van der Waals surface area contributed by atoms with Gasteiger partial charge in [0.15, 0.2) is 0 Å². The molecule has 0 amide bonds. The normalized spacial score (nSPS) is 19.9. The highest BCUT2D eigenvalue weighted by Crippen LogP contribution is 2.28. The number of benzene rings is 1. The fraction of sp³-hybridized carbons (Fsp3) is 0.455. The van der Waals surface area contributed by atoms with Crippen molar-refractivity contribution in [3.8, 4) is 5.75 Å². The standard InChI is InChI=1S/C11H15NO/c1-2-5-9-8-13-11-7-4-3-6-10(11)12-9/h3-4,6-7,9,12H,2,5,8H2,1H3. The fourth-order valence-corrected chi connectivity index (χ4v) is 1.67. The Bertz CT molecular complexity index is 285. The second-order valence-corrected chi connectivity index (χ2v) is 3.44. The number of nitrogens with one attached hydrogen (secondary N) is 1. The Balaban J connectivity index is 2.11. The third-order valence-electron chi connectivity index (χ3n) is 2.32. The fourth-order valence-electron chi connectivity index (χ4n) is 1.67. The molecule has 0 saturated heterocycles. The van der Waals surface area contributed by atoms with Gasteiger partial charge in [0.2, 0.25) is 0 Å². The molecule has 1 unspecified atom stereocenters. The lowest BCUT2D eigenvalue weighted by Crippen LogP contribution is -2.30. The van der Waals surface area contributed by atoms with Gasteiger partial charge in [0.1, 0.15) is 12.4 Å². The predicted octanol–water partition coefficient (Wildman–Crippen LogP) is 2.66. The highest BCUT2D eigenvalue weighted by molar-refractivity contribution is 5.58. The van der Waals surface area contributed by atoms with Crippen LogP contribution < -0.4 is 10.1 Å². The Morgan fingerprint density at radius 1 is 1.46 bits per heavy atom. The minimum atomic E-state index is 0.486. The maximum Gasteiger partial charge on any atom is 0.142 e. The molecule has 1 aliphatic rings. The van der Waals surface area contributed by atoms with Gasteiger partial charge in [-0.1, -0.05) is 25.5 Å². The van der Waals surface area contributed by atoms with Crippen LogP contribution in [0.1, 0.15) is 19.8 Å². The van der Waals surface area contributed by atoms with Gasteiger partial charge >= 0.3 is 0 Å². The second-order valence-electron chi connectivity index (χ2n) is 3.44. The lowest BCUT2D eigenvalue weighted by atomic mass is 10.1. The molecular formula is C11H15NO. The average molecular weight is 177 g/mol. The van der Waals surface area contributed by atoms with Gasteiger partial charge in [0.25, 0.3) is 0 Å². The molecule has 1 atom stereocenters. The van der Waals surface area contributed by atoms with Crippen LogP contribution in [-0.4, -0.2) is 12.6 Å². The first-order chi connectivity index (χ1) is 6.40. The number of para-hydroxylation sites is 2. The minimum absolute atomic E-state index is 0.486.